The van der Waals surface area contributed by atoms with Gasteiger partial charge in [0, 0.05) is 32.0 Å². The molecule has 0 saturated carbocycles. The predicted octanol–water partition coefficient (Wildman–Crippen LogP) is 10.2. The minimum Gasteiger partial charge on any atom is -0.507 e. The van der Waals surface area contributed by atoms with Crippen molar-refractivity contribution in [3.63, 3.8) is 0 Å². The van der Waals surface area contributed by atoms with E-state index in [1.165, 1.54) is 20.9 Å². The van der Waals surface area contributed by atoms with E-state index in [-0.39, 0.29) is 25.7 Å². The molecule has 0 heterocycles. The van der Waals surface area contributed by atoms with Gasteiger partial charge in [-0.3, -0.25) is 0 Å². The van der Waals surface area contributed by atoms with Crippen LogP contribution in [-0.4, -0.2) is 16.3 Å². The SMILES string of the molecule is COc1c(C(C)(C)C)cc(SC(C)(C)Sc2cc(C(C)(C)C)c(O)c(C(C)(C)C)c2)cc1C(C)(C)C. The molecule has 2 aromatic carbocycles. The zero-order valence-electron chi connectivity index (χ0n) is 25.5. The molecule has 0 aliphatic rings. The maximum absolute atomic E-state index is 11.2. The van der Waals surface area contributed by atoms with Crippen molar-refractivity contribution < 1.29 is 9.84 Å². The molecule has 0 spiro atoms. The number of benzene rings is 2. The highest BCUT2D eigenvalue weighted by molar-refractivity contribution is 8.18. The maximum atomic E-state index is 11.2. The predicted molar refractivity (Wildman–Crippen MR) is 162 cm³/mol. The summed E-state index contributed by atoms with van der Waals surface area (Å²) in [6.07, 6.45) is 0. The van der Waals surface area contributed by atoms with Crippen molar-refractivity contribution in [2.75, 3.05) is 7.11 Å². The lowest BCUT2D eigenvalue weighted by Crippen LogP contribution is -2.20. The van der Waals surface area contributed by atoms with Gasteiger partial charge in [-0.15, -0.1) is 23.5 Å². The van der Waals surface area contributed by atoms with Crippen LogP contribution in [0.3, 0.4) is 0 Å². The monoisotopic (exact) mass is 530 g/mol. The minimum absolute atomic E-state index is 0.0284. The van der Waals surface area contributed by atoms with E-state index in [1.54, 1.807) is 7.11 Å². The second-order valence-corrected chi connectivity index (χ2v) is 18.2. The van der Waals surface area contributed by atoms with E-state index in [9.17, 15) is 5.11 Å². The summed E-state index contributed by atoms with van der Waals surface area (Å²) >= 11 is 3.76. The number of hydrogen-bond acceptors (Lipinski definition) is 4. The van der Waals surface area contributed by atoms with Gasteiger partial charge in [-0.2, -0.15) is 0 Å². The molecule has 202 valence electrons. The van der Waals surface area contributed by atoms with Crippen molar-refractivity contribution in [1.29, 1.82) is 0 Å². The zero-order chi connectivity index (χ0) is 28.1. The topological polar surface area (TPSA) is 29.5 Å². The average molecular weight is 531 g/mol. The van der Waals surface area contributed by atoms with Gasteiger partial charge in [0.2, 0.25) is 0 Å². The fourth-order valence-corrected chi connectivity index (χ4v) is 6.98. The fourth-order valence-electron chi connectivity index (χ4n) is 4.39. The molecule has 4 heteroatoms. The molecular weight excluding hydrogens is 480 g/mol. The van der Waals surface area contributed by atoms with Gasteiger partial charge in [0.15, 0.2) is 0 Å². The third-order valence-corrected chi connectivity index (χ3v) is 8.74. The fraction of sp³-hybridized carbons (Fsp3) is 0.625. The highest BCUT2D eigenvalue weighted by atomic mass is 32.2. The molecule has 0 amide bonds. The van der Waals surface area contributed by atoms with E-state index < -0.39 is 0 Å². The second-order valence-electron chi connectivity index (χ2n) is 14.5. The smallest absolute Gasteiger partial charge is 0.126 e. The molecule has 0 aliphatic carbocycles. The van der Waals surface area contributed by atoms with Crippen molar-refractivity contribution >= 4 is 23.5 Å². The van der Waals surface area contributed by atoms with E-state index in [2.05, 4.69) is 121 Å². The third kappa shape index (κ3) is 7.40. The van der Waals surface area contributed by atoms with Gasteiger partial charge in [0.1, 0.15) is 11.5 Å². The minimum atomic E-state index is -0.142. The highest BCUT2D eigenvalue weighted by Gasteiger charge is 2.31. The quantitative estimate of drug-likeness (QED) is 0.307. The Morgan fingerprint density at radius 2 is 0.806 bits per heavy atom. The van der Waals surface area contributed by atoms with Gasteiger partial charge in [-0.1, -0.05) is 83.1 Å². The Balaban J connectivity index is 2.59. The number of methoxy groups -OCH3 is 1. The van der Waals surface area contributed by atoms with Crippen LogP contribution in [0.4, 0.5) is 0 Å². The number of phenolic OH excluding ortho intramolecular Hbond substituents is 1. The third-order valence-electron chi connectivity index (χ3n) is 6.31. The summed E-state index contributed by atoms with van der Waals surface area (Å²) in [5.41, 5.74) is 4.17. The van der Waals surface area contributed by atoms with Crippen molar-refractivity contribution in [3.05, 3.63) is 46.5 Å². The van der Waals surface area contributed by atoms with Crippen LogP contribution >= 0.6 is 23.5 Å². The van der Waals surface area contributed by atoms with E-state index >= 15 is 0 Å². The van der Waals surface area contributed by atoms with Gasteiger partial charge in [-0.25, -0.2) is 0 Å². The number of aromatic hydroxyl groups is 1. The maximum Gasteiger partial charge on any atom is 0.126 e. The van der Waals surface area contributed by atoms with Crippen LogP contribution in [0.15, 0.2) is 34.1 Å². The summed E-state index contributed by atoms with van der Waals surface area (Å²) in [4.78, 5) is 2.45. The van der Waals surface area contributed by atoms with Crippen LogP contribution in [0.2, 0.25) is 0 Å². The highest BCUT2D eigenvalue weighted by Crippen LogP contribution is 2.51. The standard InChI is InChI=1S/C32H50O2S2/c1-28(2,3)22-16-20(17-23(26(22)33)29(4,5)6)35-32(13,14)36-21-18-24(30(7,8)9)27(34-15)25(19-21)31(10,11)12/h16-19,33H,1-15H3. The Labute approximate surface area is 230 Å². The summed E-state index contributed by atoms with van der Waals surface area (Å²) in [5.74, 6) is 1.44. The summed E-state index contributed by atoms with van der Waals surface area (Å²) in [5, 5.41) is 11.2. The Morgan fingerprint density at radius 3 is 1.06 bits per heavy atom. The van der Waals surface area contributed by atoms with Crippen molar-refractivity contribution in [3.8, 4) is 11.5 Å². The first-order chi connectivity index (χ1) is 16.0. The molecule has 0 aliphatic heterocycles. The Hall–Kier alpha value is -1.26. The molecule has 0 bridgehead atoms. The first-order valence-electron chi connectivity index (χ1n) is 13.0. The number of phenols is 1. The van der Waals surface area contributed by atoms with Crippen LogP contribution in [-0.2, 0) is 21.7 Å². The van der Waals surface area contributed by atoms with Crippen molar-refractivity contribution in [2.24, 2.45) is 0 Å². The lowest BCUT2D eigenvalue weighted by atomic mass is 9.79. The molecule has 0 aromatic heterocycles. The largest absolute Gasteiger partial charge is 0.507 e. The van der Waals surface area contributed by atoms with Crippen LogP contribution in [0.5, 0.6) is 11.5 Å². The molecule has 2 aromatic rings. The lowest BCUT2D eigenvalue weighted by molar-refractivity contribution is 0.380. The Bertz CT molecular complexity index is 1020. The number of ether oxygens (including phenoxy) is 1. The van der Waals surface area contributed by atoms with Crippen LogP contribution < -0.4 is 4.74 Å². The van der Waals surface area contributed by atoms with E-state index in [0.717, 1.165) is 16.9 Å². The lowest BCUT2D eigenvalue weighted by Gasteiger charge is -2.32. The van der Waals surface area contributed by atoms with Gasteiger partial charge >= 0.3 is 0 Å². The summed E-state index contributed by atoms with van der Waals surface area (Å²) < 4.78 is 5.85. The number of thioether (sulfide) groups is 2. The van der Waals surface area contributed by atoms with E-state index in [1.807, 2.05) is 23.5 Å². The van der Waals surface area contributed by atoms with Crippen LogP contribution in [0.25, 0.3) is 0 Å². The summed E-state index contributed by atoms with van der Waals surface area (Å²) in [6.45, 7) is 31.1. The van der Waals surface area contributed by atoms with Crippen LogP contribution in [0, 0.1) is 0 Å². The first-order valence-corrected chi connectivity index (χ1v) is 14.6. The normalized spacial score (nSPS) is 13.8. The first kappa shape index (κ1) is 31.0. The van der Waals surface area contributed by atoms with Gasteiger partial charge in [-0.05, 0) is 59.8 Å². The van der Waals surface area contributed by atoms with E-state index in [0.29, 0.717) is 5.75 Å². The molecule has 0 unspecified atom stereocenters. The van der Waals surface area contributed by atoms with Crippen LogP contribution in [0.1, 0.15) is 119 Å². The Kier molecular flexibility index (Phi) is 8.72. The second kappa shape index (κ2) is 10.1. The molecule has 2 nitrogen and oxygen atoms in total. The van der Waals surface area contributed by atoms with Gasteiger partial charge < -0.3 is 9.84 Å². The molecule has 36 heavy (non-hydrogen) atoms. The molecule has 0 radical (unpaired) electrons. The molecule has 1 N–H and O–H groups in total. The molecular formula is C32H50O2S2. The van der Waals surface area contributed by atoms with Crippen molar-refractivity contribution in [1.82, 2.24) is 0 Å². The number of rotatable bonds is 5. The summed E-state index contributed by atoms with van der Waals surface area (Å²) in [7, 11) is 1.79. The van der Waals surface area contributed by atoms with Crippen molar-refractivity contribution in [2.45, 2.75) is 132 Å². The Morgan fingerprint density at radius 1 is 0.528 bits per heavy atom. The molecule has 2 rings (SSSR count). The number of hydrogen-bond donors (Lipinski definition) is 1. The molecule has 0 fully saturated rings. The molecule has 0 atom stereocenters. The van der Waals surface area contributed by atoms with Gasteiger partial charge in [0.05, 0.1) is 11.2 Å². The van der Waals surface area contributed by atoms with Gasteiger partial charge in [0.25, 0.3) is 0 Å². The molecule has 0 saturated heterocycles. The average Bonchev–Trinajstić information content (AvgIpc) is 2.64. The van der Waals surface area contributed by atoms with E-state index in [4.69, 9.17) is 4.74 Å². The zero-order valence-corrected chi connectivity index (χ0v) is 27.1. The summed E-state index contributed by atoms with van der Waals surface area (Å²) in [6, 6.07) is 9.01.